The first-order valence-corrected chi connectivity index (χ1v) is 15.0. The second-order valence-electron chi connectivity index (χ2n) is 11.7. The van der Waals surface area contributed by atoms with E-state index in [4.69, 9.17) is 4.74 Å². The number of carbonyl (C=O) groups is 4. The molecule has 0 radical (unpaired) electrons. The van der Waals surface area contributed by atoms with Crippen molar-refractivity contribution < 1.29 is 41.5 Å². The molecule has 0 spiro atoms. The Labute approximate surface area is 256 Å². The van der Waals surface area contributed by atoms with Crippen LogP contribution >= 0.6 is 0 Å². The van der Waals surface area contributed by atoms with Crippen LogP contribution < -0.4 is 20.7 Å². The van der Waals surface area contributed by atoms with E-state index in [1.165, 1.54) is 6.92 Å². The van der Waals surface area contributed by atoms with Crippen LogP contribution in [0.4, 0.5) is 17.6 Å². The van der Waals surface area contributed by atoms with Crippen molar-refractivity contribution in [2.45, 2.75) is 70.1 Å². The van der Waals surface area contributed by atoms with Crippen molar-refractivity contribution in [3.63, 3.8) is 0 Å². The molecule has 1 unspecified atom stereocenters. The zero-order chi connectivity index (χ0) is 32.2. The highest BCUT2D eigenvalue weighted by atomic mass is 19.2. The number of para-hydroxylation sites is 1. The molecule has 1 saturated carbocycles. The summed E-state index contributed by atoms with van der Waals surface area (Å²) in [7, 11) is 0. The molecule has 1 aromatic heterocycles. The molecule has 1 aliphatic carbocycles. The van der Waals surface area contributed by atoms with Gasteiger partial charge in [0, 0.05) is 23.5 Å². The molecule has 45 heavy (non-hydrogen) atoms. The van der Waals surface area contributed by atoms with Gasteiger partial charge in [0.15, 0.2) is 29.3 Å². The molecule has 0 bridgehead atoms. The first-order chi connectivity index (χ1) is 21.5. The highest BCUT2D eigenvalue weighted by Gasteiger charge is 2.42. The molecular weight excluding hydrogens is 596 g/mol. The van der Waals surface area contributed by atoms with Crippen LogP contribution in [0.2, 0.25) is 0 Å². The van der Waals surface area contributed by atoms with Crippen LogP contribution in [0.5, 0.6) is 5.75 Å². The van der Waals surface area contributed by atoms with Gasteiger partial charge < -0.3 is 25.7 Å². The van der Waals surface area contributed by atoms with Gasteiger partial charge in [-0.05, 0) is 37.8 Å². The van der Waals surface area contributed by atoms with Crippen molar-refractivity contribution in [1.29, 1.82) is 0 Å². The largest absolute Gasteiger partial charge is 0.475 e. The van der Waals surface area contributed by atoms with Gasteiger partial charge in [-0.1, -0.05) is 50.3 Å². The summed E-state index contributed by atoms with van der Waals surface area (Å²) in [5.74, 6) is -12.6. The average Bonchev–Trinajstić information content (AvgIpc) is 3.66. The van der Waals surface area contributed by atoms with E-state index < -0.39 is 76.6 Å². The van der Waals surface area contributed by atoms with Crippen LogP contribution in [-0.2, 0) is 14.4 Å². The molecule has 4 atom stereocenters. The third-order valence-corrected chi connectivity index (χ3v) is 8.53. The topological polar surface area (TPSA) is 129 Å². The fourth-order valence-corrected chi connectivity index (χ4v) is 6.07. The van der Waals surface area contributed by atoms with Gasteiger partial charge >= 0.3 is 0 Å². The van der Waals surface area contributed by atoms with Crippen LogP contribution in [0.15, 0.2) is 36.4 Å². The van der Waals surface area contributed by atoms with E-state index in [1.807, 2.05) is 24.3 Å². The first kappa shape index (κ1) is 32.0. The number of rotatable bonds is 11. The number of Topliss-reactive ketones (excluding diaryl/α,β-unsaturated/α-hetero) is 1. The lowest BCUT2D eigenvalue weighted by atomic mass is 9.84. The predicted octanol–water partition coefficient (Wildman–Crippen LogP) is 4.45. The third-order valence-electron chi connectivity index (χ3n) is 8.53. The van der Waals surface area contributed by atoms with Crippen LogP contribution in [0.1, 0.15) is 62.4 Å². The maximum absolute atomic E-state index is 14.5. The van der Waals surface area contributed by atoms with Crippen molar-refractivity contribution in [2.75, 3.05) is 6.54 Å². The number of halogens is 4. The Bertz CT molecular complexity index is 1550. The quantitative estimate of drug-likeness (QED) is 0.184. The number of H-pyrrole nitrogens is 1. The Morgan fingerprint density at radius 2 is 1.64 bits per heavy atom. The van der Waals surface area contributed by atoms with E-state index in [9.17, 15) is 36.7 Å². The molecule has 13 heteroatoms. The summed E-state index contributed by atoms with van der Waals surface area (Å²) in [6.07, 6.45) is 3.24. The fraction of sp³-hybridized carbons (Fsp3) is 0.438. The van der Waals surface area contributed by atoms with Gasteiger partial charge in [0.2, 0.25) is 23.4 Å². The predicted molar refractivity (Wildman–Crippen MR) is 155 cm³/mol. The Balaban J connectivity index is 1.35. The summed E-state index contributed by atoms with van der Waals surface area (Å²) < 4.78 is 62.0. The summed E-state index contributed by atoms with van der Waals surface area (Å²) >= 11 is 0. The number of ether oxygens (including phenoxy) is 1. The van der Waals surface area contributed by atoms with Gasteiger partial charge in [0.1, 0.15) is 11.7 Å². The molecule has 2 heterocycles. The van der Waals surface area contributed by atoms with Gasteiger partial charge in [-0.3, -0.25) is 19.2 Å². The van der Waals surface area contributed by atoms with Gasteiger partial charge in [0.05, 0.1) is 12.0 Å². The second-order valence-corrected chi connectivity index (χ2v) is 11.7. The lowest BCUT2D eigenvalue weighted by Crippen LogP contribution is -2.54. The molecule has 3 amide bonds. The van der Waals surface area contributed by atoms with Crippen molar-refractivity contribution in [3.05, 3.63) is 65.4 Å². The SMILES string of the molecule is CC(NC(=O)[C@H](CC1CCCCC1)NC(=O)c1cc2ccccc2[nH]1)C(=O)[C@@H](Oc1c(F)c(F)cc(F)c1F)[C@@H]1CCNC1=O. The number of carbonyl (C=O) groups excluding carboxylic acids is 4. The van der Waals surface area contributed by atoms with E-state index in [-0.39, 0.29) is 30.6 Å². The van der Waals surface area contributed by atoms with Gasteiger partial charge in [0.25, 0.3) is 5.91 Å². The molecule has 5 rings (SSSR count). The molecule has 1 aliphatic heterocycles. The van der Waals surface area contributed by atoms with Gasteiger partial charge in [-0.2, -0.15) is 8.78 Å². The fourth-order valence-electron chi connectivity index (χ4n) is 6.07. The third kappa shape index (κ3) is 7.12. The van der Waals surface area contributed by atoms with E-state index in [1.54, 1.807) is 6.07 Å². The van der Waals surface area contributed by atoms with Crippen LogP contribution in [-0.4, -0.2) is 53.2 Å². The lowest BCUT2D eigenvalue weighted by Gasteiger charge is -2.29. The van der Waals surface area contributed by atoms with Crippen LogP contribution in [0, 0.1) is 35.1 Å². The van der Waals surface area contributed by atoms with Gasteiger partial charge in [-0.25, -0.2) is 8.78 Å². The maximum Gasteiger partial charge on any atom is 0.268 e. The number of ketones is 1. The highest BCUT2D eigenvalue weighted by molar-refractivity contribution is 6.01. The highest BCUT2D eigenvalue weighted by Crippen LogP contribution is 2.31. The van der Waals surface area contributed by atoms with Crippen molar-refractivity contribution >= 4 is 34.4 Å². The molecular formula is C32H34F4N4O5. The Morgan fingerprint density at radius 1 is 0.956 bits per heavy atom. The van der Waals surface area contributed by atoms with Crippen LogP contribution in [0.25, 0.3) is 10.9 Å². The summed E-state index contributed by atoms with van der Waals surface area (Å²) in [6.45, 7) is 1.42. The lowest BCUT2D eigenvalue weighted by molar-refractivity contribution is -0.138. The minimum atomic E-state index is -1.88. The number of hydrogen-bond donors (Lipinski definition) is 4. The minimum absolute atomic E-state index is 0.00391. The summed E-state index contributed by atoms with van der Waals surface area (Å²) in [6, 6.07) is 6.53. The standard InChI is InChI=1S/C32H34F4N4O5/c1-16(27(41)28(19-11-12-37-30(19)42)45-29-25(35)20(33)15-21(34)26(29)36)38-31(43)23(13-17-7-3-2-4-8-17)40-32(44)24-14-18-9-5-6-10-22(18)39-24/h5-6,9-10,14-17,19,23,28,39H,2-4,7-8,11-13H2,1H3,(H,37,42)(H,38,43)(H,40,44)/t16?,19-,23-,28-/m0/s1. The first-order valence-electron chi connectivity index (χ1n) is 15.0. The normalized spacial score (nSPS) is 19.0. The Hall–Kier alpha value is -4.42. The number of nitrogens with one attached hydrogen (secondary N) is 4. The van der Waals surface area contributed by atoms with Crippen molar-refractivity contribution in [3.8, 4) is 5.75 Å². The van der Waals surface area contributed by atoms with E-state index >= 15 is 0 Å². The molecule has 4 N–H and O–H groups in total. The molecule has 2 aromatic carbocycles. The number of hydrogen-bond acceptors (Lipinski definition) is 5. The number of amides is 3. The smallest absolute Gasteiger partial charge is 0.268 e. The van der Waals surface area contributed by atoms with E-state index in [0.717, 1.165) is 43.0 Å². The van der Waals surface area contributed by atoms with E-state index in [2.05, 4.69) is 20.9 Å². The Kier molecular flexibility index (Phi) is 9.74. The summed E-state index contributed by atoms with van der Waals surface area (Å²) in [4.78, 5) is 56.0. The van der Waals surface area contributed by atoms with E-state index in [0.29, 0.717) is 6.42 Å². The second kappa shape index (κ2) is 13.7. The zero-order valence-corrected chi connectivity index (χ0v) is 24.6. The van der Waals surface area contributed by atoms with Crippen LogP contribution in [0.3, 0.4) is 0 Å². The van der Waals surface area contributed by atoms with Crippen molar-refractivity contribution in [1.82, 2.24) is 20.9 Å². The molecule has 240 valence electrons. The summed E-state index contributed by atoms with van der Waals surface area (Å²) in [5, 5.41) is 8.62. The maximum atomic E-state index is 14.5. The number of aromatic amines is 1. The van der Waals surface area contributed by atoms with Gasteiger partial charge in [-0.15, -0.1) is 0 Å². The molecule has 1 saturated heterocycles. The number of benzene rings is 2. The number of fused-ring (bicyclic) bond motifs is 1. The average molecular weight is 631 g/mol. The molecule has 3 aromatic rings. The molecule has 2 fully saturated rings. The monoisotopic (exact) mass is 630 g/mol. The number of aromatic nitrogens is 1. The molecule has 9 nitrogen and oxygen atoms in total. The summed E-state index contributed by atoms with van der Waals surface area (Å²) in [5.41, 5.74) is 0.983. The minimum Gasteiger partial charge on any atom is -0.475 e. The molecule has 2 aliphatic rings. The zero-order valence-electron chi connectivity index (χ0n) is 24.6. The van der Waals surface area contributed by atoms with Crippen molar-refractivity contribution in [2.24, 2.45) is 11.8 Å². The Morgan fingerprint density at radius 3 is 2.29 bits per heavy atom.